The van der Waals surface area contributed by atoms with Crippen molar-refractivity contribution < 1.29 is 14.4 Å². The van der Waals surface area contributed by atoms with Crippen molar-refractivity contribution in [1.82, 2.24) is 30.4 Å². The van der Waals surface area contributed by atoms with Gasteiger partial charge in [0, 0.05) is 30.2 Å². The molecular formula is C27H22N8O3. The van der Waals surface area contributed by atoms with Gasteiger partial charge in [0.15, 0.2) is 0 Å². The van der Waals surface area contributed by atoms with Crippen LogP contribution in [0.15, 0.2) is 83.8 Å². The predicted octanol–water partition coefficient (Wildman–Crippen LogP) is 3.72. The summed E-state index contributed by atoms with van der Waals surface area (Å²) >= 11 is 0. The number of fused-ring (bicyclic) bond motifs is 1. The quantitative estimate of drug-likeness (QED) is 0.245. The van der Waals surface area contributed by atoms with Crippen LogP contribution in [0.4, 0.5) is 17.3 Å². The average Bonchev–Trinajstić information content (AvgIpc) is 3.60. The molecule has 5 heterocycles. The second kappa shape index (κ2) is 10.1. The lowest BCUT2D eigenvalue weighted by Crippen LogP contribution is -2.15. The highest BCUT2D eigenvalue weighted by Crippen LogP contribution is 2.33. The van der Waals surface area contributed by atoms with E-state index in [1.54, 1.807) is 42.9 Å². The van der Waals surface area contributed by atoms with Gasteiger partial charge in [-0.15, -0.1) is 0 Å². The van der Waals surface area contributed by atoms with E-state index in [4.69, 9.17) is 4.52 Å². The third-order valence-electron chi connectivity index (χ3n) is 6.09. The molecule has 188 valence electrons. The smallest absolute Gasteiger partial charge is 0.261 e. The number of aliphatic hydroxyl groups is 1. The molecule has 38 heavy (non-hydrogen) atoms. The van der Waals surface area contributed by atoms with Crippen LogP contribution in [0.2, 0.25) is 0 Å². The molecule has 0 unspecified atom stereocenters. The second-order valence-corrected chi connectivity index (χ2v) is 8.57. The first-order chi connectivity index (χ1) is 18.7. The number of anilines is 3. The maximum atomic E-state index is 11.9. The van der Waals surface area contributed by atoms with E-state index < -0.39 is 6.04 Å². The minimum absolute atomic E-state index is 0.130. The number of aliphatic hydroxyl groups excluding tert-OH is 1. The van der Waals surface area contributed by atoms with E-state index >= 15 is 0 Å². The molecule has 4 aromatic heterocycles. The zero-order valence-corrected chi connectivity index (χ0v) is 20.0. The number of benzene rings is 1. The average molecular weight is 507 g/mol. The Labute approximate surface area is 217 Å². The minimum Gasteiger partial charge on any atom is -0.394 e. The van der Waals surface area contributed by atoms with Gasteiger partial charge in [0.25, 0.3) is 11.8 Å². The van der Waals surface area contributed by atoms with Gasteiger partial charge in [-0.1, -0.05) is 35.5 Å². The van der Waals surface area contributed by atoms with Gasteiger partial charge in [0.2, 0.25) is 5.82 Å². The van der Waals surface area contributed by atoms with Crippen LogP contribution < -0.4 is 16.0 Å². The van der Waals surface area contributed by atoms with Gasteiger partial charge in [-0.3, -0.25) is 9.78 Å². The van der Waals surface area contributed by atoms with Crippen molar-refractivity contribution >= 4 is 23.2 Å². The molecule has 1 atom stereocenters. The fourth-order valence-corrected chi connectivity index (χ4v) is 4.17. The first-order valence-corrected chi connectivity index (χ1v) is 11.9. The van der Waals surface area contributed by atoms with Crippen LogP contribution in [-0.2, 0) is 6.54 Å². The number of rotatable bonds is 8. The summed E-state index contributed by atoms with van der Waals surface area (Å²) in [6.45, 7) is 0.237. The maximum Gasteiger partial charge on any atom is 0.261 e. The molecule has 1 amide bonds. The normalized spacial score (nSPS) is 13.0. The molecule has 11 heteroatoms. The Hall–Kier alpha value is -5.16. The second-order valence-electron chi connectivity index (χ2n) is 8.57. The Bertz CT molecular complexity index is 1590. The summed E-state index contributed by atoms with van der Waals surface area (Å²) in [7, 11) is 0. The molecule has 0 spiro atoms. The molecule has 0 bridgehead atoms. The highest BCUT2D eigenvalue weighted by atomic mass is 16.5. The van der Waals surface area contributed by atoms with Crippen LogP contribution in [0.3, 0.4) is 0 Å². The molecule has 6 rings (SSSR count). The summed E-state index contributed by atoms with van der Waals surface area (Å²) in [6, 6.07) is 18.1. The zero-order chi connectivity index (χ0) is 25.9. The minimum atomic E-state index is -0.402. The number of carbonyl (C=O) groups excluding carboxylic acids is 1. The number of hydrogen-bond donors (Lipinski definition) is 4. The number of aromatic nitrogens is 5. The molecule has 1 aliphatic heterocycles. The largest absolute Gasteiger partial charge is 0.394 e. The first-order valence-electron chi connectivity index (χ1n) is 11.9. The molecule has 0 radical (unpaired) electrons. The molecule has 1 aromatic carbocycles. The standard InChI is InChI=1S/C27H22N8O3/c36-15-22(16-5-2-1-3-6-16)31-20-11-24(33-23-9-8-18-21(32-23)14-30-26(18)37)29-13-19(20)27-34-25(35-38-27)17-7-4-10-28-12-17/h1-13,22,36H,14-15H2,(H,30,37)(H2,29,31,32,33)/t22-/m1/s1. The van der Waals surface area contributed by atoms with Crippen LogP contribution in [-0.4, -0.2) is 42.7 Å². The molecule has 1 aliphatic rings. The lowest BCUT2D eigenvalue weighted by molar-refractivity contribution is 0.0965. The Kier molecular flexibility index (Phi) is 6.16. The van der Waals surface area contributed by atoms with Gasteiger partial charge in [0.1, 0.15) is 11.6 Å². The molecule has 0 aliphatic carbocycles. The van der Waals surface area contributed by atoms with Crippen molar-refractivity contribution in [2.45, 2.75) is 12.6 Å². The molecule has 0 saturated carbocycles. The highest BCUT2D eigenvalue weighted by molar-refractivity contribution is 5.98. The molecule has 0 fully saturated rings. The maximum absolute atomic E-state index is 11.9. The van der Waals surface area contributed by atoms with E-state index in [1.165, 1.54) is 0 Å². The van der Waals surface area contributed by atoms with Crippen molar-refractivity contribution in [3.05, 3.63) is 96.1 Å². The summed E-state index contributed by atoms with van der Waals surface area (Å²) in [4.78, 5) is 29.6. The van der Waals surface area contributed by atoms with Crippen LogP contribution in [0.25, 0.3) is 22.8 Å². The summed E-state index contributed by atoms with van der Waals surface area (Å²) in [5, 5.41) is 23.6. The van der Waals surface area contributed by atoms with Crippen LogP contribution in [0.5, 0.6) is 0 Å². The van der Waals surface area contributed by atoms with Gasteiger partial charge >= 0.3 is 0 Å². The number of hydrogen-bond acceptors (Lipinski definition) is 10. The number of carbonyl (C=O) groups is 1. The van der Waals surface area contributed by atoms with Crippen molar-refractivity contribution in [2.75, 3.05) is 17.2 Å². The molecule has 5 aromatic rings. The predicted molar refractivity (Wildman–Crippen MR) is 139 cm³/mol. The summed E-state index contributed by atoms with van der Waals surface area (Å²) < 4.78 is 5.58. The van der Waals surface area contributed by atoms with E-state index in [1.807, 2.05) is 36.4 Å². The van der Waals surface area contributed by atoms with Gasteiger partial charge in [-0.05, 0) is 29.8 Å². The summed E-state index contributed by atoms with van der Waals surface area (Å²) in [6.07, 6.45) is 4.94. The van der Waals surface area contributed by atoms with E-state index in [-0.39, 0.29) is 18.4 Å². The van der Waals surface area contributed by atoms with Crippen molar-refractivity contribution in [3.8, 4) is 22.8 Å². The Balaban J connectivity index is 1.35. The van der Waals surface area contributed by atoms with Gasteiger partial charge < -0.3 is 25.6 Å². The number of nitrogens with zero attached hydrogens (tertiary/aromatic N) is 5. The topological polar surface area (TPSA) is 151 Å². The van der Waals surface area contributed by atoms with E-state index in [0.717, 1.165) is 11.1 Å². The number of pyridine rings is 3. The lowest BCUT2D eigenvalue weighted by atomic mass is 10.1. The highest BCUT2D eigenvalue weighted by Gasteiger charge is 2.22. The van der Waals surface area contributed by atoms with E-state index in [2.05, 4.69) is 41.0 Å². The fourth-order valence-electron chi connectivity index (χ4n) is 4.17. The molecule has 0 saturated heterocycles. The van der Waals surface area contributed by atoms with E-state index in [0.29, 0.717) is 46.5 Å². The number of amides is 1. The van der Waals surface area contributed by atoms with Crippen molar-refractivity contribution in [1.29, 1.82) is 0 Å². The third-order valence-corrected chi connectivity index (χ3v) is 6.09. The first kappa shape index (κ1) is 23.3. The van der Waals surface area contributed by atoms with Gasteiger partial charge in [-0.25, -0.2) is 9.97 Å². The monoisotopic (exact) mass is 506 g/mol. The fraction of sp³-hybridized carbons (Fsp3) is 0.111. The van der Waals surface area contributed by atoms with Gasteiger partial charge in [-0.2, -0.15) is 4.98 Å². The van der Waals surface area contributed by atoms with Crippen molar-refractivity contribution in [2.24, 2.45) is 0 Å². The Morgan fingerprint density at radius 2 is 1.89 bits per heavy atom. The molecule has 11 nitrogen and oxygen atoms in total. The summed E-state index contributed by atoms with van der Waals surface area (Å²) in [5.74, 6) is 1.57. The van der Waals surface area contributed by atoms with Crippen LogP contribution in [0, 0.1) is 0 Å². The summed E-state index contributed by atoms with van der Waals surface area (Å²) in [5.41, 5.74) is 4.04. The third kappa shape index (κ3) is 4.65. The van der Waals surface area contributed by atoms with Crippen LogP contribution in [0.1, 0.15) is 27.7 Å². The van der Waals surface area contributed by atoms with Crippen LogP contribution >= 0.6 is 0 Å². The van der Waals surface area contributed by atoms with Gasteiger partial charge in [0.05, 0.1) is 41.7 Å². The number of nitrogens with one attached hydrogen (secondary N) is 3. The SMILES string of the molecule is O=C1NCc2nc(Nc3cc(N[C@H](CO)c4ccccc4)c(-c4nc(-c5cccnc5)no4)cn3)ccc21. The Morgan fingerprint density at radius 1 is 1.00 bits per heavy atom. The lowest BCUT2D eigenvalue weighted by Gasteiger charge is -2.20. The van der Waals surface area contributed by atoms with Crippen molar-refractivity contribution in [3.63, 3.8) is 0 Å². The van der Waals surface area contributed by atoms with E-state index in [9.17, 15) is 9.90 Å². The molecular weight excluding hydrogens is 484 g/mol. The molecule has 4 N–H and O–H groups in total. The Morgan fingerprint density at radius 3 is 2.71 bits per heavy atom. The zero-order valence-electron chi connectivity index (χ0n) is 20.0.